The summed E-state index contributed by atoms with van der Waals surface area (Å²) in [7, 11) is 0. The molecule has 2 N–H and O–H groups in total. The van der Waals surface area contributed by atoms with Crippen LogP contribution < -0.4 is 10.6 Å². The van der Waals surface area contributed by atoms with Crippen molar-refractivity contribution < 1.29 is 9.45 Å². The lowest BCUT2D eigenvalue weighted by Crippen LogP contribution is -2.11. The van der Waals surface area contributed by atoms with Gasteiger partial charge in [0.1, 0.15) is 6.33 Å². The quantitative estimate of drug-likeness (QED) is 0.559. The highest BCUT2D eigenvalue weighted by Gasteiger charge is 2.22. The van der Waals surface area contributed by atoms with Crippen molar-refractivity contribution in [2.24, 2.45) is 0 Å². The molecule has 0 aliphatic rings. The number of hydrogen-bond donors (Lipinski definition) is 2. The third-order valence-electron chi connectivity index (χ3n) is 2.39. The zero-order valence-electron chi connectivity index (χ0n) is 10.7. The molecular weight excluding hydrogens is 266 g/mol. The number of anilines is 2. The van der Waals surface area contributed by atoms with Crippen molar-refractivity contribution >= 4 is 17.3 Å². The molecule has 0 bridgehead atoms. The number of aromatic nitrogens is 4. The second-order valence-electron chi connectivity index (χ2n) is 3.72. The van der Waals surface area contributed by atoms with Crippen LogP contribution in [-0.4, -0.2) is 38.1 Å². The van der Waals surface area contributed by atoms with E-state index >= 15 is 0 Å². The molecule has 20 heavy (non-hydrogen) atoms. The fourth-order valence-corrected chi connectivity index (χ4v) is 1.57. The molecule has 0 radical (unpaired) electrons. The molecule has 2 heterocycles. The largest absolute Gasteiger partial charge is 0.364 e. The maximum absolute atomic E-state index is 11.1. The molecule has 106 valence electrons. The fourth-order valence-electron chi connectivity index (χ4n) is 1.57. The predicted octanol–water partition coefficient (Wildman–Crippen LogP) is 0.854. The number of rotatable bonds is 7. The predicted molar refractivity (Wildman–Crippen MR) is 69.3 cm³/mol. The average molecular weight is 279 g/mol. The van der Waals surface area contributed by atoms with Crippen LogP contribution in [0.1, 0.15) is 12.8 Å². The third kappa shape index (κ3) is 3.16. The standard InChI is InChI=1S/C10H13N7O3/c1-2-11-9-8(17(18)19)10(15-5-14-9)12-4-3-7-13-6-16-20-7/h5-6H,2-4H2,1H3,(H2,11,12,14,15). The molecule has 0 saturated heterocycles. The lowest BCUT2D eigenvalue weighted by Gasteiger charge is -2.08. The summed E-state index contributed by atoms with van der Waals surface area (Å²) >= 11 is 0. The minimum Gasteiger partial charge on any atom is -0.364 e. The normalized spacial score (nSPS) is 10.2. The first kappa shape index (κ1) is 13.6. The van der Waals surface area contributed by atoms with E-state index in [1.165, 1.54) is 12.7 Å². The van der Waals surface area contributed by atoms with Gasteiger partial charge in [-0.25, -0.2) is 9.97 Å². The topological polar surface area (TPSA) is 132 Å². The molecule has 0 aliphatic carbocycles. The zero-order valence-corrected chi connectivity index (χ0v) is 10.7. The molecule has 2 aromatic heterocycles. The molecule has 0 saturated carbocycles. The molecule has 0 aromatic carbocycles. The third-order valence-corrected chi connectivity index (χ3v) is 2.39. The molecule has 2 aromatic rings. The molecule has 0 aliphatic heterocycles. The Bertz CT molecular complexity index is 572. The van der Waals surface area contributed by atoms with E-state index < -0.39 is 4.92 Å². The van der Waals surface area contributed by atoms with Crippen LogP contribution in [0, 0.1) is 10.1 Å². The van der Waals surface area contributed by atoms with Gasteiger partial charge in [0.05, 0.1) is 4.92 Å². The van der Waals surface area contributed by atoms with E-state index in [-0.39, 0.29) is 17.3 Å². The van der Waals surface area contributed by atoms with E-state index in [2.05, 4.69) is 30.7 Å². The Labute approximate surface area is 113 Å². The van der Waals surface area contributed by atoms with E-state index in [1.54, 1.807) is 0 Å². The summed E-state index contributed by atoms with van der Waals surface area (Å²) in [5, 5.41) is 20.3. The van der Waals surface area contributed by atoms with Crippen molar-refractivity contribution in [3.8, 4) is 0 Å². The molecule has 0 fully saturated rings. The Balaban J connectivity index is 2.09. The summed E-state index contributed by atoms with van der Waals surface area (Å²) < 4.78 is 4.83. The van der Waals surface area contributed by atoms with E-state index in [9.17, 15) is 10.1 Å². The van der Waals surface area contributed by atoms with Crippen LogP contribution in [0.15, 0.2) is 17.2 Å². The first-order valence-corrected chi connectivity index (χ1v) is 5.95. The summed E-state index contributed by atoms with van der Waals surface area (Å²) in [5.41, 5.74) is -0.181. The smallest absolute Gasteiger partial charge is 0.353 e. The van der Waals surface area contributed by atoms with E-state index in [0.717, 1.165) is 0 Å². The van der Waals surface area contributed by atoms with Crippen molar-refractivity contribution in [1.82, 2.24) is 20.1 Å². The van der Waals surface area contributed by atoms with Gasteiger partial charge in [0.15, 0.2) is 6.33 Å². The van der Waals surface area contributed by atoms with Crippen LogP contribution in [0.3, 0.4) is 0 Å². The summed E-state index contributed by atoms with van der Waals surface area (Å²) in [4.78, 5) is 22.2. The minimum absolute atomic E-state index is 0.153. The molecule has 0 atom stereocenters. The summed E-state index contributed by atoms with van der Waals surface area (Å²) in [6.45, 7) is 2.74. The maximum Gasteiger partial charge on any atom is 0.353 e. The minimum atomic E-state index is -0.521. The summed E-state index contributed by atoms with van der Waals surface area (Å²) in [6.07, 6.45) is 3.00. The number of nitrogens with zero attached hydrogens (tertiary/aromatic N) is 5. The van der Waals surface area contributed by atoms with Gasteiger partial charge in [-0.15, -0.1) is 0 Å². The van der Waals surface area contributed by atoms with Crippen LogP contribution in [0.25, 0.3) is 0 Å². The van der Waals surface area contributed by atoms with Crippen molar-refractivity contribution in [1.29, 1.82) is 0 Å². The lowest BCUT2D eigenvalue weighted by atomic mass is 10.4. The summed E-state index contributed by atoms with van der Waals surface area (Å²) in [5.74, 6) is 0.786. The molecule has 10 nitrogen and oxygen atoms in total. The molecule has 0 unspecified atom stereocenters. The van der Waals surface area contributed by atoms with Crippen molar-refractivity contribution in [3.05, 3.63) is 28.7 Å². The highest BCUT2D eigenvalue weighted by molar-refractivity contribution is 5.69. The van der Waals surface area contributed by atoms with Gasteiger partial charge in [-0.1, -0.05) is 5.16 Å². The first-order valence-electron chi connectivity index (χ1n) is 5.95. The van der Waals surface area contributed by atoms with Gasteiger partial charge in [0.2, 0.25) is 17.5 Å². The monoisotopic (exact) mass is 279 g/mol. The van der Waals surface area contributed by atoms with Crippen LogP contribution in [0.2, 0.25) is 0 Å². The molecule has 0 spiro atoms. The van der Waals surface area contributed by atoms with Gasteiger partial charge in [-0.3, -0.25) is 10.1 Å². The van der Waals surface area contributed by atoms with E-state index in [4.69, 9.17) is 4.52 Å². The SMILES string of the molecule is CCNc1ncnc(NCCc2ncno2)c1[N+](=O)[O-]. The van der Waals surface area contributed by atoms with Crippen molar-refractivity contribution in [3.63, 3.8) is 0 Å². The van der Waals surface area contributed by atoms with E-state index in [0.29, 0.717) is 25.4 Å². The van der Waals surface area contributed by atoms with Crippen LogP contribution in [-0.2, 0) is 6.42 Å². The second-order valence-corrected chi connectivity index (χ2v) is 3.72. The highest BCUT2D eigenvalue weighted by Crippen LogP contribution is 2.28. The second kappa shape index (κ2) is 6.41. The van der Waals surface area contributed by atoms with Gasteiger partial charge in [-0.2, -0.15) is 4.98 Å². The Hall–Kier alpha value is -2.78. The van der Waals surface area contributed by atoms with Gasteiger partial charge in [0.25, 0.3) is 0 Å². The molecular formula is C10H13N7O3. The van der Waals surface area contributed by atoms with Crippen molar-refractivity contribution in [2.75, 3.05) is 23.7 Å². The van der Waals surface area contributed by atoms with Crippen molar-refractivity contribution in [2.45, 2.75) is 13.3 Å². The van der Waals surface area contributed by atoms with Crippen LogP contribution in [0.5, 0.6) is 0 Å². The van der Waals surface area contributed by atoms with Crippen LogP contribution in [0.4, 0.5) is 17.3 Å². The fraction of sp³-hybridized carbons (Fsp3) is 0.400. The Morgan fingerprint density at radius 2 is 2.00 bits per heavy atom. The zero-order chi connectivity index (χ0) is 14.4. The van der Waals surface area contributed by atoms with Crippen LogP contribution >= 0.6 is 0 Å². The van der Waals surface area contributed by atoms with Gasteiger partial charge in [-0.05, 0) is 6.92 Å². The Morgan fingerprint density at radius 3 is 2.60 bits per heavy atom. The number of hydrogen-bond acceptors (Lipinski definition) is 9. The molecule has 0 amide bonds. The Morgan fingerprint density at radius 1 is 1.25 bits per heavy atom. The first-order chi connectivity index (χ1) is 9.72. The van der Waals surface area contributed by atoms with E-state index in [1.807, 2.05) is 6.92 Å². The number of nitrogens with one attached hydrogen (secondary N) is 2. The Kier molecular flexibility index (Phi) is 4.37. The lowest BCUT2D eigenvalue weighted by molar-refractivity contribution is -0.383. The van der Waals surface area contributed by atoms with Gasteiger partial charge < -0.3 is 15.2 Å². The van der Waals surface area contributed by atoms with Gasteiger partial charge in [0, 0.05) is 19.5 Å². The summed E-state index contributed by atoms with van der Waals surface area (Å²) in [6, 6.07) is 0. The molecule has 10 heteroatoms. The maximum atomic E-state index is 11.1. The van der Waals surface area contributed by atoms with Gasteiger partial charge >= 0.3 is 5.69 Å². The molecule has 2 rings (SSSR count). The average Bonchev–Trinajstić information content (AvgIpc) is 2.92. The highest BCUT2D eigenvalue weighted by atomic mass is 16.6. The number of nitro groups is 1.